The number of nitrogens with two attached hydrogens (primary N) is 1. The first-order valence-corrected chi connectivity index (χ1v) is 6.78. The minimum Gasteiger partial charge on any atom is -0.347 e. The highest BCUT2D eigenvalue weighted by molar-refractivity contribution is 7.09. The molecule has 1 unspecified atom stereocenters. The Balaban J connectivity index is 2.69. The van der Waals surface area contributed by atoms with E-state index >= 15 is 0 Å². The Morgan fingerprint density at radius 3 is 2.74 bits per heavy atom. The first-order valence-electron chi connectivity index (χ1n) is 5.90. The molecule has 0 saturated heterocycles. The first-order chi connectivity index (χ1) is 8.88. The van der Waals surface area contributed by atoms with Crippen LogP contribution in [0.1, 0.15) is 42.9 Å². The van der Waals surface area contributed by atoms with E-state index in [0.29, 0.717) is 19.4 Å². The van der Waals surface area contributed by atoms with E-state index in [1.54, 1.807) is 6.92 Å². The largest absolute Gasteiger partial charge is 0.434 e. The van der Waals surface area contributed by atoms with Gasteiger partial charge in [-0.05, 0) is 19.4 Å². The third kappa shape index (κ3) is 4.79. The molecule has 3 N–H and O–H groups in total. The van der Waals surface area contributed by atoms with Crippen LogP contribution in [0.5, 0.6) is 0 Å². The number of halogens is 3. The lowest BCUT2D eigenvalue weighted by Crippen LogP contribution is -2.28. The molecule has 1 heterocycles. The van der Waals surface area contributed by atoms with Gasteiger partial charge in [-0.25, -0.2) is 4.98 Å². The summed E-state index contributed by atoms with van der Waals surface area (Å²) in [7, 11) is 0. The molecule has 0 fully saturated rings. The molecule has 1 aromatic heterocycles. The van der Waals surface area contributed by atoms with Gasteiger partial charge in [0, 0.05) is 11.8 Å². The molecule has 0 aromatic carbocycles. The number of carbonyl (C=O) groups is 1. The summed E-state index contributed by atoms with van der Waals surface area (Å²) in [6.45, 7) is 2.18. The summed E-state index contributed by atoms with van der Waals surface area (Å²) in [6.07, 6.45) is -3.14. The molecule has 1 rings (SSSR count). The summed E-state index contributed by atoms with van der Waals surface area (Å²) in [4.78, 5) is 15.1. The van der Waals surface area contributed by atoms with Crippen molar-refractivity contribution in [3.8, 4) is 0 Å². The Hall–Kier alpha value is -1.15. The van der Waals surface area contributed by atoms with Crippen molar-refractivity contribution in [1.82, 2.24) is 10.3 Å². The normalized spacial score (nSPS) is 13.3. The van der Waals surface area contributed by atoms with Crippen LogP contribution >= 0.6 is 11.3 Å². The Kier molecular flexibility index (Phi) is 5.74. The minimum atomic E-state index is -4.45. The number of hydrogen-bond acceptors (Lipinski definition) is 4. The van der Waals surface area contributed by atoms with Crippen molar-refractivity contribution in [2.45, 2.75) is 38.4 Å². The second-order valence-corrected chi connectivity index (χ2v) is 4.88. The quantitative estimate of drug-likeness (QED) is 0.847. The van der Waals surface area contributed by atoms with Crippen LogP contribution in [-0.4, -0.2) is 17.4 Å². The maximum atomic E-state index is 12.4. The molecular formula is C11H16F3N3OS. The fourth-order valence-electron chi connectivity index (χ4n) is 1.45. The first kappa shape index (κ1) is 15.9. The van der Waals surface area contributed by atoms with Gasteiger partial charge in [-0.15, -0.1) is 11.3 Å². The van der Waals surface area contributed by atoms with E-state index in [9.17, 15) is 18.0 Å². The summed E-state index contributed by atoms with van der Waals surface area (Å²) >= 11 is 0.904. The van der Waals surface area contributed by atoms with Gasteiger partial charge in [0.15, 0.2) is 5.69 Å². The second kappa shape index (κ2) is 6.85. The zero-order valence-corrected chi connectivity index (χ0v) is 11.3. The minimum absolute atomic E-state index is 0.221. The number of alkyl halides is 3. The maximum Gasteiger partial charge on any atom is 0.434 e. The number of nitrogens with zero attached hydrogens (tertiary/aromatic N) is 1. The summed E-state index contributed by atoms with van der Waals surface area (Å²) in [6, 6.07) is -0.480. The third-order valence-corrected chi connectivity index (χ3v) is 3.42. The smallest absolute Gasteiger partial charge is 0.347 e. The van der Waals surface area contributed by atoms with E-state index < -0.39 is 17.9 Å². The molecule has 8 heteroatoms. The van der Waals surface area contributed by atoms with Crippen LogP contribution in [0, 0.1) is 0 Å². The fourth-order valence-corrected chi connectivity index (χ4v) is 2.41. The molecule has 0 bridgehead atoms. The topological polar surface area (TPSA) is 68.0 Å². The van der Waals surface area contributed by atoms with Gasteiger partial charge in [-0.2, -0.15) is 13.2 Å². The number of thiazole rings is 1. The molecule has 0 aliphatic heterocycles. The molecule has 108 valence electrons. The zero-order chi connectivity index (χ0) is 14.5. The maximum absolute atomic E-state index is 12.4. The SMILES string of the molecule is CCC(NC(=O)CCCN)c1nc(C(F)(F)F)cs1. The van der Waals surface area contributed by atoms with E-state index in [-0.39, 0.29) is 17.3 Å². The van der Waals surface area contributed by atoms with Gasteiger partial charge in [0.1, 0.15) is 5.01 Å². The Labute approximate surface area is 113 Å². The Morgan fingerprint density at radius 1 is 1.58 bits per heavy atom. The summed E-state index contributed by atoms with van der Waals surface area (Å²) in [5, 5.41) is 3.90. The highest BCUT2D eigenvalue weighted by Crippen LogP contribution is 2.32. The van der Waals surface area contributed by atoms with Crippen LogP contribution in [-0.2, 0) is 11.0 Å². The molecule has 0 aliphatic rings. The summed E-state index contributed by atoms with van der Waals surface area (Å²) in [5.74, 6) is -0.221. The van der Waals surface area contributed by atoms with Crippen molar-refractivity contribution in [2.75, 3.05) is 6.54 Å². The molecule has 1 atom stereocenters. The molecular weight excluding hydrogens is 279 g/mol. The number of hydrogen-bond donors (Lipinski definition) is 2. The summed E-state index contributed by atoms with van der Waals surface area (Å²) in [5.41, 5.74) is 4.37. The molecule has 0 radical (unpaired) electrons. The lowest BCUT2D eigenvalue weighted by Gasteiger charge is -2.14. The monoisotopic (exact) mass is 295 g/mol. The Bertz CT molecular complexity index is 420. The number of rotatable bonds is 6. The second-order valence-electron chi connectivity index (χ2n) is 3.99. The molecule has 4 nitrogen and oxygen atoms in total. The number of carbonyl (C=O) groups excluding carboxylic acids is 1. The predicted molar refractivity (Wildman–Crippen MR) is 66.6 cm³/mol. The lowest BCUT2D eigenvalue weighted by molar-refractivity contribution is -0.140. The molecule has 1 amide bonds. The van der Waals surface area contributed by atoms with Gasteiger partial charge in [0.25, 0.3) is 0 Å². The van der Waals surface area contributed by atoms with Gasteiger partial charge < -0.3 is 11.1 Å². The number of nitrogens with one attached hydrogen (secondary N) is 1. The van der Waals surface area contributed by atoms with Crippen molar-refractivity contribution in [3.63, 3.8) is 0 Å². The van der Waals surface area contributed by atoms with Crippen molar-refractivity contribution < 1.29 is 18.0 Å². The molecule has 0 aliphatic carbocycles. The number of aromatic nitrogens is 1. The van der Waals surface area contributed by atoms with E-state index in [4.69, 9.17) is 5.73 Å². The van der Waals surface area contributed by atoms with Gasteiger partial charge in [0.05, 0.1) is 6.04 Å². The van der Waals surface area contributed by atoms with E-state index in [2.05, 4.69) is 10.3 Å². The van der Waals surface area contributed by atoms with Crippen LogP contribution < -0.4 is 11.1 Å². The predicted octanol–water partition coefficient (Wildman–Crippen LogP) is 2.47. The molecule has 0 spiro atoms. The molecule has 19 heavy (non-hydrogen) atoms. The highest BCUT2D eigenvalue weighted by atomic mass is 32.1. The van der Waals surface area contributed by atoms with E-state index in [1.165, 1.54) is 0 Å². The van der Waals surface area contributed by atoms with E-state index in [0.717, 1.165) is 16.7 Å². The third-order valence-electron chi connectivity index (χ3n) is 2.46. The highest BCUT2D eigenvalue weighted by Gasteiger charge is 2.34. The van der Waals surface area contributed by atoms with Crippen LogP contribution in [0.25, 0.3) is 0 Å². The zero-order valence-electron chi connectivity index (χ0n) is 10.5. The van der Waals surface area contributed by atoms with Crippen molar-refractivity contribution >= 4 is 17.2 Å². The van der Waals surface area contributed by atoms with Gasteiger partial charge in [-0.3, -0.25) is 4.79 Å². The Morgan fingerprint density at radius 2 is 2.26 bits per heavy atom. The van der Waals surface area contributed by atoms with Crippen molar-refractivity contribution in [3.05, 3.63) is 16.1 Å². The van der Waals surface area contributed by atoms with Gasteiger partial charge >= 0.3 is 6.18 Å². The van der Waals surface area contributed by atoms with Crippen LogP contribution in [0.3, 0.4) is 0 Å². The van der Waals surface area contributed by atoms with Crippen molar-refractivity contribution in [2.24, 2.45) is 5.73 Å². The molecule has 0 saturated carbocycles. The average Bonchev–Trinajstić information content (AvgIpc) is 2.82. The fraction of sp³-hybridized carbons (Fsp3) is 0.636. The van der Waals surface area contributed by atoms with Crippen LogP contribution in [0.4, 0.5) is 13.2 Å². The summed E-state index contributed by atoms with van der Waals surface area (Å²) < 4.78 is 37.3. The van der Waals surface area contributed by atoms with Crippen LogP contribution in [0.15, 0.2) is 5.38 Å². The molecule has 1 aromatic rings. The van der Waals surface area contributed by atoms with Gasteiger partial charge in [-0.1, -0.05) is 6.92 Å². The van der Waals surface area contributed by atoms with E-state index in [1.807, 2.05) is 0 Å². The number of amides is 1. The average molecular weight is 295 g/mol. The van der Waals surface area contributed by atoms with Crippen molar-refractivity contribution in [1.29, 1.82) is 0 Å². The standard InChI is InChI=1S/C11H16F3N3OS/c1-2-7(16-9(18)4-3-5-15)10-17-8(6-19-10)11(12,13)14/h6-7H,2-5,15H2,1H3,(H,16,18). The lowest BCUT2D eigenvalue weighted by atomic mass is 10.2. The van der Waals surface area contributed by atoms with Crippen LogP contribution in [0.2, 0.25) is 0 Å². The van der Waals surface area contributed by atoms with Gasteiger partial charge in [0.2, 0.25) is 5.91 Å².